The van der Waals surface area contributed by atoms with Crippen molar-refractivity contribution in [3.05, 3.63) is 58.1 Å². The van der Waals surface area contributed by atoms with Crippen molar-refractivity contribution in [3.8, 4) is 6.07 Å². The number of hydrogen-bond donors (Lipinski definition) is 2. The van der Waals surface area contributed by atoms with Gasteiger partial charge in [0, 0.05) is 10.7 Å². The van der Waals surface area contributed by atoms with E-state index in [0.29, 0.717) is 33.5 Å². The Morgan fingerprint density at radius 3 is 2.44 bits per heavy atom. The predicted molar refractivity (Wildman–Crippen MR) is 107 cm³/mol. The topological polar surface area (TPSA) is 85.2 Å². The van der Waals surface area contributed by atoms with E-state index in [2.05, 4.69) is 10.6 Å². The summed E-state index contributed by atoms with van der Waals surface area (Å²) in [6.45, 7) is 2.40. The fraction of sp³-hybridized carbons (Fsp3) is 0.211. The van der Waals surface area contributed by atoms with Gasteiger partial charge in [-0.25, -0.2) is 0 Å². The number of halogens is 2. The molecule has 2 aromatic carbocycles. The number of rotatable bonds is 7. The van der Waals surface area contributed by atoms with Gasteiger partial charge in [-0.15, -0.1) is 0 Å². The molecule has 0 unspecified atom stereocenters. The van der Waals surface area contributed by atoms with Crippen molar-refractivity contribution in [1.82, 2.24) is 4.90 Å². The van der Waals surface area contributed by atoms with E-state index in [0.717, 1.165) is 0 Å². The number of hydrogen-bond acceptors (Lipinski definition) is 4. The van der Waals surface area contributed by atoms with Crippen LogP contribution in [-0.4, -0.2) is 36.3 Å². The van der Waals surface area contributed by atoms with Gasteiger partial charge in [0.05, 0.1) is 35.4 Å². The quantitative estimate of drug-likeness (QED) is 0.735. The molecule has 2 amide bonds. The standard InChI is InChI=1S/C19H18Cl2N4O2/c1-2-25(11-18(26)23-15-5-3-4-13(8-15)10-22)12-19(27)24-17-9-14(20)6-7-16(17)21/h3-9H,2,11-12H2,1H3,(H,23,26)(H,24,27). The molecule has 0 fully saturated rings. The fourth-order valence-electron chi connectivity index (χ4n) is 2.34. The van der Waals surface area contributed by atoms with E-state index in [1.165, 1.54) is 0 Å². The van der Waals surface area contributed by atoms with Crippen LogP contribution in [0.5, 0.6) is 0 Å². The maximum absolute atomic E-state index is 12.2. The number of benzene rings is 2. The maximum atomic E-state index is 12.2. The maximum Gasteiger partial charge on any atom is 0.238 e. The van der Waals surface area contributed by atoms with E-state index >= 15 is 0 Å². The van der Waals surface area contributed by atoms with Gasteiger partial charge in [-0.3, -0.25) is 14.5 Å². The molecule has 6 nitrogen and oxygen atoms in total. The Hall–Kier alpha value is -2.59. The normalized spacial score (nSPS) is 10.3. The summed E-state index contributed by atoms with van der Waals surface area (Å²) in [5, 5.41) is 15.2. The van der Waals surface area contributed by atoms with Crippen LogP contribution >= 0.6 is 23.2 Å². The lowest BCUT2D eigenvalue weighted by molar-refractivity contribution is -0.119. The SMILES string of the molecule is CCN(CC(=O)Nc1cccc(C#N)c1)CC(=O)Nc1cc(Cl)ccc1Cl. The van der Waals surface area contributed by atoms with Crippen LogP contribution in [-0.2, 0) is 9.59 Å². The highest BCUT2D eigenvalue weighted by Gasteiger charge is 2.14. The first-order valence-electron chi connectivity index (χ1n) is 8.18. The van der Waals surface area contributed by atoms with Crippen LogP contribution in [0.4, 0.5) is 11.4 Å². The number of carbonyl (C=O) groups is 2. The summed E-state index contributed by atoms with van der Waals surface area (Å²) in [5.41, 5.74) is 1.41. The second-order valence-corrected chi connectivity index (χ2v) is 6.56. The van der Waals surface area contributed by atoms with E-state index in [4.69, 9.17) is 28.5 Å². The molecule has 0 atom stereocenters. The average Bonchev–Trinajstić information content (AvgIpc) is 2.64. The smallest absolute Gasteiger partial charge is 0.238 e. The van der Waals surface area contributed by atoms with Crippen LogP contribution in [0.25, 0.3) is 0 Å². The number of anilines is 2. The van der Waals surface area contributed by atoms with Crippen molar-refractivity contribution in [1.29, 1.82) is 5.26 Å². The number of nitrogens with zero attached hydrogens (tertiary/aromatic N) is 2. The number of likely N-dealkylation sites (N-methyl/N-ethyl adjacent to an activating group) is 1. The lowest BCUT2D eigenvalue weighted by Crippen LogP contribution is -2.38. The van der Waals surface area contributed by atoms with Crippen LogP contribution in [0.2, 0.25) is 10.0 Å². The van der Waals surface area contributed by atoms with Crippen molar-refractivity contribution in [2.75, 3.05) is 30.3 Å². The van der Waals surface area contributed by atoms with Gasteiger partial charge in [0.15, 0.2) is 0 Å². The Morgan fingerprint density at radius 2 is 1.78 bits per heavy atom. The zero-order valence-corrected chi connectivity index (χ0v) is 16.1. The molecular formula is C19H18Cl2N4O2. The summed E-state index contributed by atoms with van der Waals surface area (Å²) in [5.74, 6) is -0.583. The Bertz CT molecular complexity index is 880. The first-order valence-corrected chi connectivity index (χ1v) is 8.94. The van der Waals surface area contributed by atoms with E-state index in [1.807, 2.05) is 13.0 Å². The first kappa shape index (κ1) is 20.7. The highest BCUT2D eigenvalue weighted by molar-refractivity contribution is 6.35. The number of amides is 2. The Balaban J connectivity index is 1.92. The van der Waals surface area contributed by atoms with Crippen molar-refractivity contribution in [2.24, 2.45) is 0 Å². The summed E-state index contributed by atoms with van der Waals surface area (Å²) < 4.78 is 0. The highest BCUT2D eigenvalue weighted by Crippen LogP contribution is 2.25. The molecule has 0 aromatic heterocycles. The number of nitriles is 1. The van der Waals surface area contributed by atoms with E-state index < -0.39 is 0 Å². The van der Waals surface area contributed by atoms with Gasteiger partial charge < -0.3 is 10.6 Å². The molecule has 0 aliphatic heterocycles. The van der Waals surface area contributed by atoms with E-state index in [9.17, 15) is 9.59 Å². The molecule has 0 saturated carbocycles. The third-order valence-corrected chi connectivity index (χ3v) is 4.22. The van der Waals surface area contributed by atoms with E-state index in [1.54, 1.807) is 47.4 Å². The van der Waals surface area contributed by atoms with Gasteiger partial charge in [-0.1, -0.05) is 36.2 Å². The van der Waals surface area contributed by atoms with Gasteiger partial charge in [-0.05, 0) is 42.9 Å². The molecule has 0 saturated heterocycles. The van der Waals surface area contributed by atoms with Crippen molar-refractivity contribution < 1.29 is 9.59 Å². The minimum absolute atomic E-state index is 0.0188. The van der Waals surface area contributed by atoms with Crippen molar-refractivity contribution >= 4 is 46.4 Å². The van der Waals surface area contributed by atoms with Crippen molar-refractivity contribution in [3.63, 3.8) is 0 Å². The van der Waals surface area contributed by atoms with Gasteiger partial charge in [-0.2, -0.15) is 5.26 Å². The van der Waals surface area contributed by atoms with Gasteiger partial charge >= 0.3 is 0 Å². The highest BCUT2D eigenvalue weighted by atomic mass is 35.5. The van der Waals surface area contributed by atoms with Crippen LogP contribution in [0.1, 0.15) is 12.5 Å². The van der Waals surface area contributed by atoms with Gasteiger partial charge in [0.25, 0.3) is 0 Å². The largest absolute Gasteiger partial charge is 0.325 e. The molecule has 0 aliphatic carbocycles. The van der Waals surface area contributed by atoms with Crippen molar-refractivity contribution in [2.45, 2.75) is 6.92 Å². The van der Waals surface area contributed by atoms with Crippen LogP contribution in [0.15, 0.2) is 42.5 Å². The molecule has 140 valence electrons. The fourth-order valence-corrected chi connectivity index (χ4v) is 2.67. The molecule has 0 heterocycles. The molecule has 0 bridgehead atoms. The van der Waals surface area contributed by atoms with E-state index in [-0.39, 0.29) is 24.9 Å². The lowest BCUT2D eigenvalue weighted by Gasteiger charge is -2.19. The lowest BCUT2D eigenvalue weighted by atomic mass is 10.2. The Labute approximate surface area is 167 Å². The second kappa shape index (κ2) is 9.93. The zero-order valence-electron chi connectivity index (χ0n) is 14.6. The molecular weight excluding hydrogens is 387 g/mol. The summed E-state index contributed by atoms with van der Waals surface area (Å²) >= 11 is 11.9. The van der Waals surface area contributed by atoms with Crippen LogP contribution in [0.3, 0.4) is 0 Å². The molecule has 8 heteroatoms. The zero-order chi connectivity index (χ0) is 19.8. The minimum atomic E-state index is -0.305. The van der Waals surface area contributed by atoms with Crippen LogP contribution < -0.4 is 10.6 Å². The first-order chi connectivity index (χ1) is 12.9. The summed E-state index contributed by atoms with van der Waals surface area (Å²) in [6, 6.07) is 13.4. The Morgan fingerprint density at radius 1 is 1.07 bits per heavy atom. The summed E-state index contributed by atoms with van der Waals surface area (Å²) in [7, 11) is 0. The molecule has 2 N–H and O–H groups in total. The average molecular weight is 405 g/mol. The number of carbonyl (C=O) groups excluding carboxylic acids is 2. The molecule has 27 heavy (non-hydrogen) atoms. The summed E-state index contributed by atoms with van der Waals surface area (Å²) in [4.78, 5) is 26.1. The molecule has 0 spiro atoms. The third-order valence-electron chi connectivity index (χ3n) is 3.66. The number of nitrogens with one attached hydrogen (secondary N) is 2. The molecule has 2 aromatic rings. The van der Waals surface area contributed by atoms with Gasteiger partial charge in [0.2, 0.25) is 11.8 Å². The van der Waals surface area contributed by atoms with Crippen LogP contribution in [0, 0.1) is 11.3 Å². The Kier molecular flexibility index (Phi) is 7.62. The molecule has 0 radical (unpaired) electrons. The monoisotopic (exact) mass is 404 g/mol. The summed E-state index contributed by atoms with van der Waals surface area (Å²) in [6.07, 6.45) is 0. The molecule has 2 rings (SSSR count). The third kappa shape index (κ3) is 6.57. The van der Waals surface area contributed by atoms with Gasteiger partial charge in [0.1, 0.15) is 0 Å². The minimum Gasteiger partial charge on any atom is -0.325 e. The second-order valence-electron chi connectivity index (χ2n) is 5.72. The predicted octanol–water partition coefficient (Wildman–Crippen LogP) is 3.76. The molecule has 0 aliphatic rings.